The Balaban J connectivity index is 2.26. The number of carbonyl (C=O) groups excluding carboxylic acids is 2. The molecular formula is C14H16F2N2O2. The molecule has 1 aliphatic rings. The Kier molecular flexibility index (Phi) is 3.74. The minimum Gasteiger partial charge on any atom is -0.340 e. The van der Waals surface area contributed by atoms with Gasteiger partial charge in [0.05, 0.1) is 6.54 Å². The third-order valence-electron chi connectivity index (χ3n) is 3.59. The molecule has 2 rings (SSSR count). The van der Waals surface area contributed by atoms with Crippen molar-refractivity contribution in [3.63, 3.8) is 0 Å². The lowest BCUT2D eigenvalue weighted by atomic mass is 9.94. The van der Waals surface area contributed by atoms with Crippen LogP contribution < -0.4 is 5.32 Å². The van der Waals surface area contributed by atoms with Gasteiger partial charge in [-0.3, -0.25) is 9.59 Å². The van der Waals surface area contributed by atoms with Gasteiger partial charge in [0.1, 0.15) is 17.2 Å². The fraction of sp³-hybridized carbons (Fsp3) is 0.429. The second-order valence-electron chi connectivity index (χ2n) is 5.13. The van der Waals surface area contributed by atoms with Gasteiger partial charge < -0.3 is 10.2 Å². The lowest BCUT2D eigenvalue weighted by Crippen LogP contribution is -2.64. The van der Waals surface area contributed by atoms with Gasteiger partial charge in [0.25, 0.3) is 0 Å². The molecule has 1 heterocycles. The fourth-order valence-electron chi connectivity index (χ4n) is 2.23. The molecule has 1 fully saturated rings. The van der Waals surface area contributed by atoms with Crippen LogP contribution in [0.1, 0.15) is 25.8 Å². The third kappa shape index (κ3) is 2.64. The van der Waals surface area contributed by atoms with Crippen molar-refractivity contribution >= 4 is 11.8 Å². The summed E-state index contributed by atoms with van der Waals surface area (Å²) in [6, 6.07) is 3.07. The topological polar surface area (TPSA) is 49.4 Å². The minimum absolute atomic E-state index is 0.0616. The first-order valence-electron chi connectivity index (χ1n) is 6.40. The number of carbonyl (C=O) groups is 2. The molecule has 1 aliphatic heterocycles. The number of rotatable bonds is 3. The Morgan fingerprint density at radius 2 is 2.05 bits per heavy atom. The molecule has 1 N–H and O–H groups in total. The van der Waals surface area contributed by atoms with E-state index in [4.69, 9.17) is 0 Å². The molecule has 1 saturated heterocycles. The quantitative estimate of drug-likeness (QED) is 0.915. The first-order valence-corrected chi connectivity index (χ1v) is 6.40. The highest BCUT2D eigenvalue weighted by atomic mass is 19.1. The Bertz CT molecular complexity index is 562. The molecule has 2 amide bonds. The highest BCUT2D eigenvalue weighted by molar-refractivity contribution is 5.97. The summed E-state index contributed by atoms with van der Waals surface area (Å²) in [7, 11) is 0. The van der Waals surface area contributed by atoms with E-state index < -0.39 is 17.2 Å². The van der Waals surface area contributed by atoms with Gasteiger partial charge in [0.2, 0.25) is 11.8 Å². The van der Waals surface area contributed by atoms with Crippen molar-refractivity contribution in [1.82, 2.24) is 10.2 Å². The van der Waals surface area contributed by atoms with Gasteiger partial charge in [-0.2, -0.15) is 0 Å². The van der Waals surface area contributed by atoms with Gasteiger partial charge in [-0.15, -0.1) is 0 Å². The van der Waals surface area contributed by atoms with Gasteiger partial charge in [-0.25, -0.2) is 8.78 Å². The molecular weight excluding hydrogens is 266 g/mol. The molecule has 0 saturated carbocycles. The van der Waals surface area contributed by atoms with Crippen molar-refractivity contribution in [2.45, 2.75) is 32.4 Å². The minimum atomic E-state index is -0.987. The van der Waals surface area contributed by atoms with E-state index >= 15 is 0 Å². The van der Waals surface area contributed by atoms with E-state index in [0.717, 1.165) is 18.2 Å². The van der Waals surface area contributed by atoms with Crippen LogP contribution in [0.3, 0.4) is 0 Å². The molecule has 1 aromatic carbocycles. The molecule has 1 aromatic rings. The number of halogens is 2. The van der Waals surface area contributed by atoms with Crippen LogP contribution in [0.25, 0.3) is 0 Å². The second-order valence-corrected chi connectivity index (χ2v) is 5.13. The molecule has 0 spiro atoms. The van der Waals surface area contributed by atoms with E-state index in [0.29, 0.717) is 6.42 Å². The molecule has 1 unspecified atom stereocenters. The molecule has 20 heavy (non-hydrogen) atoms. The maximum atomic E-state index is 13.6. The van der Waals surface area contributed by atoms with Crippen LogP contribution in [0, 0.1) is 11.6 Å². The number of nitrogens with one attached hydrogen (secondary N) is 1. The lowest BCUT2D eigenvalue weighted by molar-refractivity contribution is -0.150. The number of benzene rings is 1. The van der Waals surface area contributed by atoms with Gasteiger partial charge in [-0.05, 0) is 31.5 Å². The van der Waals surface area contributed by atoms with E-state index in [1.165, 1.54) is 4.90 Å². The van der Waals surface area contributed by atoms with E-state index in [1.807, 2.05) is 0 Å². The molecule has 1 atom stereocenters. The zero-order chi connectivity index (χ0) is 14.9. The summed E-state index contributed by atoms with van der Waals surface area (Å²) in [6.07, 6.45) is 0.430. The predicted molar refractivity (Wildman–Crippen MR) is 68.6 cm³/mol. The normalized spacial score (nSPS) is 22.9. The van der Waals surface area contributed by atoms with E-state index in [1.54, 1.807) is 13.8 Å². The summed E-state index contributed by atoms with van der Waals surface area (Å²) in [5, 5.41) is 2.64. The SMILES string of the molecule is CCC1(C)NC(=O)CN(Cc2cc(F)ccc2F)C1=O. The maximum absolute atomic E-state index is 13.6. The summed E-state index contributed by atoms with van der Waals surface area (Å²) in [5.41, 5.74) is -0.925. The van der Waals surface area contributed by atoms with Crippen LogP contribution in [0.4, 0.5) is 8.78 Å². The van der Waals surface area contributed by atoms with Gasteiger partial charge >= 0.3 is 0 Å². The molecule has 0 aliphatic carbocycles. The Labute approximate surface area is 115 Å². The Morgan fingerprint density at radius 1 is 1.35 bits per heavy atom. The molecule has 6 heteroatoms. The molecule has 4 nitrogen and oxygen atoms in total. The largest absolute Gasteiger partial charge is 0.340 e. The number of nitrogens with zero attached hydrogens (tertiary/aromatic N) is 1. The van der Waals surface area contributed by atoms with Crippen LogP contribution >= 0.6 is 0 Å². The average molecular weight is 282 g/mol. The third-order valence-corrected chi connectivity index (χ3v) is 3.59. The summed E-state index contributed by atoms with van der Waals surface area (Å²) < 4.78 is 26.8. The van der Waals surface area contributed by atoms with Crippen LogP contribution in [-0.4, -0.2) is 28.8 Å². The zero-order valence-electron chi connectivity index (χ0n) is 11.4. The highest BCUT2D eigenvalue weighted by Gasteiger charge is 2.41. The second kappa shape index (κ2) is 5.19. The molecule has 0 bridgehead atoms. The molecule has 108 valence electrons. The fourth-order valence-corrected chi connectivity index (χ4v) is 2.23. The molecule has 0 radical (unpaired) electrons. The lowest BCUT2D eigenvalue weighted by Gasteiger charge is -2.39. The van der Waals surface area contributed by atoms with Crippen molar-refractivity contribution < 1.29 is 18.4 Å². The highest BCUT2D eigenvalue weighted by Crippen LogP contribution is 2.21. The van der Waals surface area contributed by atoms with Crippen molar-refractivity contribution in [2.75, 3.05) is 6.54 Å². The van der Waals surface area contributed by atoms with Crippen molar-refractivity contribution in [3.05, 3.63) is 35.4 Å². The predicted octanol–water partition coefficient (Wildman–Crippen LogP) is 1.59. The van der Waals surface area contributed by atoms with Crippen LogP contribution in [0.5, 0.6) is 0 Å². The van der Waals surface area contributed by atoms with E-state index in [9.17, 15) is 18.4 Å². The summed E-state index contributed by atoms with van der Waals surface area (Å²) in [5.74, 6) is -1.76. The van der Waals surface area contributed by atoms with Crippen LogP contribution in [0.15, 0.2) is 18.2 Å². The number of amides is 2. The van der Waals surface area contributed by atoms with Crippen LogP contribution in [-0.2, 0) is 16.1 Å². The molecule has 0 aromatic heterocycles. The number of hydrogen-bond acceptors (Lipinski definition) is 2. The van der Waals surface area contributed by atoms with Crippen LogP contribution in [0.2, 0.25) is 0 Å². The summed E-state index contributed by atoms with van der Waals surface area (Å²) in [6.45, 7) is 3.14. The van der Waals surface area contributed by atoms with Crippen molar-refractivity contribution in [1.29, 1.82) is 0 Å². The first kappa shape index (κ1) is 14.4. The van der Waals surface area contributed by atoms with Gasteiger partial charge in [-0.1, -0.05) is 6.92 Å². The average Bonchev–Trinajstić information content (AvgIpc) is 2.39. The van der Waals surface area contributed by atoms with E-state index in [2.05, 4.69) is 5.32 Å². The maximum Gasteiger partial charge on any atom is 0.248 e. The standard InChI is InChI=1S/C14H16F2N2O2/c1-3-14(2)13(20)18(8-12(19)17-14)7-9-6-10(15)4-5-11(9)16/h4-6H,3,7-8H2,1-2H3,(H,17,19). The summed E-state index contributed by atoms with van der Waals surface area (Å²) >= 11 is 0. The smallest absolute Gasteiger partial charge is 0.248 e. The van der Waals surface area contributed by atoms with Gasteiger partial charge in [0.15, 0.2) is 0 Å². The number of hydrogen-bond donors (Lipinski definition) is 1. The first-order chi connectivity index (χ1) is 9.35. The van der Waals surface area contributed by atoms with Crippen molar-refractivity contribution in [2.24, 2.45) is 0 Å². The summed E-state index contributed by atoms with van der Waals surface area (Å²) in [4.78, 5) is 25.2. The van der Waals surface area contributed by atoms with E-state index in [-0.39, 0.29) is 30.5 Å². The zero-order valence-corrected chi connectivity index (χ0v) is 11.4. The monoisotopic (exact) mass is 282 g/mol. The Morgan fingerprint density at radius 3 is 2.70 bits per heavy atom. The number of piperazine rings is 1. The van der Waals surface area contributed by atoms with Gasteiger partial charge in [0, 0.05) is 12.1 Å². The van der Waals surface area contributed by atoms with Crippen molar-refractivity contribution in [3.8, 4) is 0 Å². The Hall–Kier alpha value is -1.98.